The van der Waals surface area contributed by atoms with Crippen LogP contribution < -0.4 is 0 Å². The molecule has 1 aromatic heterocycles. The fraction of sp³-hybridized carbons (Fsp3) is 0.308. The van der Waals surface area contributed by atoms with E-state index in [4.69, 9.17) is 0 Å². The van der Waals surface area contributed by atoms with Crippen LogP contribution in [-0.4, -0.2) is 20.8 Å². The van der Waals surface area contributed by atoms with Crippen LogP contribution in [0.25, 0.3) is 0 Å². The number of carbonyl (C=O) groups is 1. The van der Waals surface area contributed by atoms with Gasteiger partial charge in [-0.25, -0.2) is 0 Å². The molecule has 2 rings (SSSR count). The molecule has 0 spiro atoms. The number of carbonyl (C=O) groups excluding carboxylic acids is 1. The van der Waals surface area contributed by atoms with Gasteiger partial charge in [0.2, 0.25) is 0 Å². The number of aryl methyl sites for hydroxylation is 3. The first-order valence-corrected chi connectivity index (χ1v) is 5.51. The summed E-state index contributed by atoms with van der Waals surface area (Å²) >= 11 is 0. The van der Waals surface area contributed by atoms with E-state index in [2.05, 4.69) is 16.4 Å². The van der Waals surface area contributed by atoms with Crippen molar-refractivity contribution >= 4 is 5.78 Å². The second kappa shape index (κ2) is 4.49. The van der Waals surface area contributed by atoms with E-state index in [0.29, 0.717) is 12.1 Å². The van der Waals surface area contributed by atoms with Crippen LogP contribution in [0.15, 0.2) is 24.4 Å². The van der Waals surface area contributed by atoms with Crippen molar-refractivity contribution in [1.29, 1.82) is 0 Å². The molecule has 0 bridgehead atoms. The summed E-state index contributed by atoms with van der Waals surface area (Å²) < 4.78 is 1.60. The third-order valence-electron chi connectivity index (χ3n) is 2.54. The van der Waals surface area contributed by atoms with E-state index in [-0.39, 0.29) is 5.78 Å². The molecule has 0 aliphatic heterocycles. The highest BCUT2D eigenvalue weighted by Crippen LogP contribution is 2.11. The molecule has 0 aliphatic rings. The summed E-state index contributed by atoms with van der Waals surface area (Å²) in [5.74, 6) is 0.0808. The van der Waals surface area contributed by atoms with Gasteiger partial charge in [0.15, 0.2) is 5.78 Å². The van der Waals surface area contributed by atoms with Gasteiger partial charge < -0.3 is 0 Å². The highest BCUT2D eigenvalue weighted by atomic mass is 16.1. The number of benzene rings is 1. The third-order valence-corrected chi connectivity index (χ3v) is 2.54. The highest BCUT2D eigenvalue weighted by Gasteiger charge is 2.10. The average molecular weight is 229 g/mol. The minimum atomic E-state index is 0.0808. The van der Waals surface area contributed by atoms with Gasteiger partial charge in [0.1, 0.15) is 0 Å². The Hall–Kier alpha value is -1.97. The lowest BCUT2D eigenvalue weighted by atomic mass is 10.0. The van der Waals surface area contributed by atoms with Crippen LogP contribution in [0.4, 0.5) is 0 Å². The third kappa shape index (κ3) is 2.78. The molecular formula is C13H15N3O. The molecule has 0 aliphatic carbocycles. The Labute approximate surface area is 100 Å². The van der Waals surface area contributed by atoms with Crippen molar-refractivity contribution in [3.05, 3.63) is 46.8 Å². The van der Waals surface area contributed by atoms with E-state index in [1.54, 1.807) is 17.9 Å². The largest absolute Gasteiger partial charge is 0.294 e. The van der Waals surface area contributed by atoms with Crippen LogP contribution >= 0.6 is 0 Å². The normalized spacial score (nSPS) is 10.5. The van der Waals surface area contributed by atoms with Gasteiger partial charge in [-0.3, -0.25) is 9.48 Å². The number of aromatic nitrogens is 3. The van der Waals surface area contributed by atoms with Gasteiger partial charge in [0.25, 0.3) is 0 Å². The molecule has 0 amide bonds. The molecule has 0 N–H and O–H groups in total. The molecule has 4 nitrogen and oxygen atoms in total. The Balaban J connectivity index is 2.19. The number of Topliss-reactive ketones (excluding diaryl/α,β-unsaturated/α-hetero) is 1. The van der Waals surface area contributed by atoms with Crippen LogP contribution in [-0.2, 0) is 13.5 Å². The summed E-state index contributed by atoms with van der Waals surface area (Å²) in [5, 5.41) is 7.73. The van der Waals surface area contributed by atoms with Gasteiger partial charge in [-0.15, -0.1) is 5.10 Å². The Morgan fingerprint density at radius 3 is 2.41 bits per heavy atom. The standard InChI is InChI=1S/C13H15N3O/c1-9-4-10(2)6-11(5-9)13(17)7-12-8-16(3)15-14-12/h4-6,8H,7H2,1-3H3. The van der Waals surface area contributed by atoms with E-state index < -0.39 is 0 Å². The van der Waals surface area contributed by atoms with E-state index in [1.165, 1.54) is 0 Å². The second-order valence-corrected chi connectivity index (χ2v) is 4.36. The Morgan fingerprint density at radius 1 is 1.24 bits per heavy atom. The molecule has 0 atom stereocenters. The summed E-state index contributed by atoms with van der Waals surface area (Å²) in [7, 11) is 1.79. The summed E-state index contributed by atoms with van der Waals surface area (Å²) in [6, 6.07) is 5.87. The molecular weight excluding hydrogens is 214 g/mol. The molecule has 88 valence electrons. The monoisotopic (exact) mass is 229 g/mol. The Bertz CT molecular complexity index is 537. The predicted molar refractivity (Wildman–Crippen MR) is 65.0 cm³/mol. The van der Waals surface area contributed by atoms with E-state index in [0.717, 1.165) is 16.7 Å². The quantitative estimate of drug-likeness (QED) is 0.755. The van der Waals surface area contributed by atoms with Gasteiger partial charge in [-0.1, -0.05) is 22.4 Å². The predicted octanol–water partition coefficient (Wildman–Crippen LogP) is 1.86. The zero-order chi connectivity index (χ0) is 12.4. The summed E-state index contributed by atoms with van der Waals surface area (Å²) in [6.45, 7) is 3.98. The van der Waals surface area contributed by atoms with Crippen molar-refractivity contribution in [1.82, 2.24) is 15.0 Å². The van der Waals surface area contributed by atoms with Gasteiger partial charge >= 0.3 is 0 Å². The number of hydrogen-bond donors (Lipinski definition) is 0. The fourth-order valence-electron chi connectivity index (χ4n) is 1.88. The van der Waals surface area contributed by atoms with Gasteiger partial charge in [0, 0.05) is 18.8 Å². The SMILES string of the molecule is Cc1cc(C)cc(C(=O)Cc2cn(C)nn2)c1. The molecule has 2 aromatic rings. The zero-order valence-corrected chi connectivity index (χ0v) is 10.3. The first-order valence-electron chi connectivity index (χ1n) is 5.51. The van der Waals surface area contributed by atoms with Gasteiger partial charge in [-0.05, 0) is 26.0 Å². The van der Waals surface area contributed by atoms with Crippen molar-refractivity contribution in [3.8, 4) is 0 Å². The zero-order valence-electron chi connectivity index (χ0n) is 10.3. The maximum Gasteiger partial charge on any atom is 0.168 e. The van der Waals surface area contributed by atoms with E-state index in [1.807, 2.05) is 26.0 Å². The number of rotatable bonds is 3. The van der Waals surface area contributed by atoms with Crippen LogP contribution in [0, 0.1) is 13.8 Å². The van der Waals surface area contributed by atoms with E-state index in [9.17, 15) is 4.79 Å². The van der Waals surface area contributed by atoms with Gasteiger partial charge in [0.05, 0.1) is 12.1 Å². The Kier molecular flexibility index (Phi) is 3.04. The lowest BCUT2D eigenvalue weighted by Crippen LogP contribution is -2.04. The molecule has 4 heteroatoms. The molecule has 0 saturated carbocycles. The lowest BCUT2D eigenvalue weighted by Gasteiger charge is -2.02. The van der Waals surface area contributed by atoms with Crippen LogP contribution in [0.2, 0.25) is 0 Å². The minimum absolute atomic E-state index is 0.0808. The topological polar surface area (TPSA) is 47.8 Å². The second-order valence-electron chi connectivity index (χ2n) is 4.36. The molecule has 0 radical (unpaired) electrons. The van der Waals surface area contributed by atoms with Crippen molar-refractivity contribution in [2.75, 3.05) is 0 Å². The smallest absolute Gasteiger partial charge is 0.168 e. The first kappa shape index (κ1) is 11.5. The summed E-state index contributed by atoms with van der Waals surface area (Å²) in [5.41, 5.74) is 3.66. The fourth-order valence-corrected chi connectivity index (χ4v) is 1.88. The number of ketones is 1. The summed E-state index contributed by atoms with van der Waals surface area (Å²) in [4.78, 5) is 12.1. The molecule has 17 heavy (non-hydrogen) atoms. The van der Waals surface area contributed by atoms with Gasteiger partial charge in [-0.2, -0.15) is 0 Å². The molecule has 1 aromatic carbocycles. The number of hydrogen-bond acceptors (Lipinski definition) is 3. The first-order chi connectivity index (χ1) is 8.04. The van der Waals surface area contributed by atoms with E-state index >= 15 is 0 Å². The molecule has 0 fully saturated rings. The average Bonchev–Trinajstić information content (AvgIpc) is 2.62. The maximum atomic E-state index is 12.1. The van der Waals surface area contributed by atoms with Crippen LogP contribution in [0.5, 0.6) is 0 Å². The van der Waals surface area contributed by atoms with Crippen LogP contribution in [0.3, 0.4) is 0 Å². The van der Waals surface area contributed by atoms with Crippen molar-refractivity contribution in [3.63, 3.8) is 0 Å². The number of nitrogens with zero attached hydrogens (tertiary/aromatic N) is 3. The molecule has 0 saturated heterocycles. The lowest BCUT2D eigenvalue weighted by molar-refractivity contribution is 0.0991. The Morgan fingerprint density at radius 2 is 1.88 bits per heavy atom. The van der Waals surface area contributed by atoms with Crippen molar-refractivity contribution in [2.45, 2.75) is 20.3 Å². The van der Waals surface area contributed by atoms with Crippen molar-refractivity contribution in [2.24, 2.45) is 7.05 Å². The molecule has 1 heterocycles. The molecule has 0 unspecified atom stereocenters. The summed E-state index contributed by atoms with van der Waals surface area (Å²) in [6.07, 6.45) is 2.07. The van der Waals surface area contributed by atoms with Crippen molar-refractivity contribution < 1.29 is 4.79 Å². The maximum absolute atomic E-state index is 12.1. The minimum Gasteiger partial charge on any atom is -0.294 e. The highest BCUT2D eigenvalue weighted by molar-refractivity contribution is 5.97. The van der Waals surface area contributed by atoms with Crippen LogP contribution in [0.1, 0.15) is 27.2 Å².